The molecule has 2 aliphatic rings. The number of hydrogen-bond donors (Lipinski definition) is 0. The van der Waals surface area contributed by atoms with Gasteiger partial charge in [0.25, 0.3) is 0 Å². The number of pyridine rings is 1. The van der Waals surface area contributed by atoms with Crippen molar-refractivity contribution in [2.45, 2.75) is 64.8 Å². The Balaban J connectivity index is 1.91. The van der Waals surface area contributed by atoms with Crippen molar-refractivity contribution in [3.63, 3.8) is 0 Å². The predicted octanol–water partition coefficient (Wildman–Crippen LogP) is 2.23. The molecule has 20 heavy (non-hydrogen) atoms. The third kappa shape index (κ3) is 2.45. The molecule has 0 unspecified atom stereocenters. The van der Waals surface area contributed by atoms with Crippen LogP contribution in [0.25, 0.3) is 0 Å². The molecule has 1 aromatic heterocycles. The Morgan fingerprint density at radius 2 is 1.80 bits per heavy atom. The summed E-state index contributed by atoms with van der Waals surface area (Å²) in [6, 6.07) is 2.00. The van der Waals surface area contributed by atoms with Gasteiger partial charge in [0.1, 0.15) is 5.75 Å². The molecule has 5 heteroatoms. The van der Waals surface area contributed by atoms with Gasteiger partial charge in [-0.25, -0.2) is 0 Å². The van der Waals surface area contributed by atoms with Crippen LogP contribution in [0, 0.1) is 6.92 Å². The van der Waals surface area contributed by atoms with E-state index in [1.165, 1.54) is 0 Å². The molecule has 4 nitrogen and oxygen atoms in total. The highest BCUT2D eigenvalue weighted by atomic mass is 16.7. The Bertz CT molecular complexity index is 510. The molecule has 0 N–H and O–H groups in total. The Kier molecular flexibility index (Phi) is 3.10. The van der Waals surface area contributed by atoms with Crippen LogP contribution >= 0.6 is 0 Å². The van der Waals surface area contributed by atoms with Crippen molar-refractivity contribution >= 4 is 12.6 Å². The third-order valence-corrected chi connectivity index (χ3v) is 4.36. The number of aromatic nitrogens is 1. The number of hydrogen-bond acceptors (Lipinski definition) is 4. The summed E-state index contributed by atoms with van der Waals surface area (Å²) in [6.45, 7) is 10.2. The highest BCUT2D eigenvalue weighted by molar-refractivity contribution is 6.63. The number of nitrogens with zero attached hydrogens (tertiary/aromatic N) is 1. The van der Waals surface area contributed by atoms with E-state index < -0.39 is 7.12 Å². The minimum absolute atomic E-state index is 0.334. The maximum Gasteiger partial charge on any atom is 0.498 e. The Hall–Kier alpha value is -1.07. The zero-order valence-electron chi connectivity index (χ0n) is 12.9. The second-order valence-corrected chi connectivity index (χ2v) is 6.77. The molecule has 1 saturated heterocycles. The molecule has 108 valence electrons. The van der Waals surface area contributed by atoms with Crippen LogP contribution in [0.5, 0.6) is 5.75 Å². The summed E-state index contributed by atoms with van der Waals surface area (Å²) in [6.07, 6.45) is 4.36. The second kappa shape index (κ2) is 4.47. The van der Waals surface area contributed by atoms with Gasteiger partial charge in [0.05, 0.1) is 23.5 Å². The molecule has 0 atom stereocenters. The summed E-state index contributed by atoms with van der Waals surface area (Å²) in [5, 5.41) is 0. The van der Waals surface area contributed by atoms with Gasteiger partial charge in [-0.1, -0.05) is 0 Å². The van der Waals surface area contributed by atoms with E-state index in [2.05, 4.69) is 32.7 Å². The minimum Gasteiger partial charge on any atom is -0.489 e. The average molecular weight is 275 g/mol. The van der Waals surface area contributed by atoms with Gasteiger partial charge in [-0.3, -0.25) is 4.98 Å². The quantitative estimate of drug-likeness (QED) is 0.793. The van der Waals surface area contributed by atoms with Crippen molar-refractivity contribution in [2.24, 2.45) is 0 Å². The standard InChI is InChI=1S/C15H22BNO3/c1-10-8-12(13(9-17-10)18-11-6-7-11)16-19-14(2,3)15(4,5)20-16/h8-9,11H,6-7H2,1-5H3. The molecule has 0 amide bonds. The lowest BCUT2D eigenvalue weighted by Gasteiger charge is -2.32. The number of aryl methyl sites for hydroxylation is 1. The van der Waals surface area contributed by atoms with Crippen molar-refractivity contribution in [2.75, 3.05) is 0 Å². The third-order valence-electron chi connectivity index (χ3n) is 4.36. The van der Waals surface area contributed by atoms with Crippen molar-refractivity contribution in [1.82, 2.24) is 4.98 Å². The first-order valence-corrected chi connectivity index (χ1v) is 7.27. The van der Waals surface area contributed by atoms with Gasteiger partial charge in [0.15, 0.2) is 0 Å². The fourth-order valence-corrected chi connectivity index (χ4v) is 2.19. The second-order valence-electron chi connectivity index (χ2n) is 6.77. The van der Waals surface area contributed by atoms with Crippen LogP contribution < -0.4 is 10.2 Å². The van der Waals surface area contributed by atoms with Crippen LogP contribution in [0.4, 0.5) is 0 Å². The van der Waals surface area contributed by atoms with Gasteiger partial charge < -0.3 is 14.0 Å². The molecule has 2 fully saturated rings. The van der Waals surface area contributed by atoms with Gasteiger partial charge in [0, 0.05) is 11.2 Å². The van der Waals surface area contributed by atoms with Gasteiger partial charge >= 0.3 is 7.12 Å². The molecule has 1 aliphatic heterocycles. The summed E-state index contributed by atoms with van der Waals surface area (Å²) >= 11 is 0. The molecule has 0 bridgehead atoms. The summed E-state index contributed by atoms with van der Waals surface area (Å²) in [5.41, 5.74) is 1.21. The predicted molar refractivity (Wildman–Crippen MR) is 78.3 cm³/mol. The molecule has 0 radical (unpaired) electrons. The average Bonchev–Trinajstić information content (AvgIpc) is 3.10. The Morgan fingerprint density at radius 1 is 1.20 bits per heavy atom. The molecule has 1 aliphatic carbocycles. The minimum atomic E-state index is -0.393. The van der Waals surface area contributed by atoms with E-state index in [4.69, 9.17) is 14.0 Å². The molecule has 1 saturated carbocycles. The van der Waals surface area contributed by atoms with Crippen molar-refractivity contribution < 1.29 is 14.0 Å². The Morgan fingerprint density at radius 3 is 2.35 bits per heavy atom. The molecule has 3 rings (SSSR count). The summed E-state index contributed by atoms with van der Waals surface area (Å²) < 4.78 is 18.2. The van der Waals surface area contributed by atoms with E-state index in [1.807, 2.05) is 13.0 Å². The van der Waals surface area contributed by atoms with Gasteiger partial charge in [-0.05, 0) is 53.5 Å². The molecular weight excluding hydrogens is 253 g/mol. The van der Waals surface area contributed by atoms with Crippen molar-refractivity contribution in [3.05, 3.63) is 18.0 Å². The van der Waals surface area contributed by atoms with E-state index in [0.29, 0.717) is 6.10 Å². The van der Waals surface area contributed by atoms with E-state index >= 15 is 0 Å². The van der Waals surface area contributed by atoms with Crippen molar-refractivity contribution in [3.8, 4) is 5.75 Å². The first-order chi connectivity index (χ1) is 9.28. The molecule has 1 aromatic rings. The van der Waals surface area contributed by atoms with Crippen LogP contribution in [0.1, 0.15) is 46.2 Å². The smallest absolute Gasteiger partial charge is 0.489 e. The first-order valence-electron chi connectivity index (χ1n) is 7.27. The maximum absolute atomic E-state index is 6.12. The highest BCUT2D eigenvalue weighted by Crippen LogP contribution is 2.37. The topological polar surface area (TPSA) is 40.6 Å². The molecule has 0 spiro atoms. The lowest BCUT2D eigenvalue weighted by Crippen LogP contribution is -2.41. The lowest BCUT2D eigenvalue weighted by atomic mass is 9.78. The van der Waals surface area contributed by atoms with Crippen LogP contribution in [0.15, 0.2) is 12.3 Å². The van der Waals surface area contributed by atoms with Crippen LogP contribution in [0.3, 0.4) is 0 Å². The normalized spacial score (nSPS) is 23.9. The molecule has 2 heterocycles. The van der Waals surface area contributed by atoms with E-state index in [-0.39, 0.29) is 11.2 Å². The van der Waals surface area contributed by atoms with Crippen LogP contribution in [-0.4, -0.2) is 29.4 Å². The van der Waals surface area contributed by atoms with Gasteiger partial charge in [-0.15, -0.1) is 0 Å². The fourth-order valence-electron chi connectivity index (χ4n) is 2.19. The first kappa shape index (κ1) is 13.9. The SMILES string of the molecule is Cc1cc(B2OC(C)(C)C(C)(C)O2)c(OC2CC2)cn1. The summed E-state index contributed by atoms with van der Waals surface area (Å²) in [4.78, 5) is 4.33. The van der Waals surface area contributed by atoms with E-state index in [1.54, 1.807) is 6.20 Å². The van der Waals surface area contributed by atoms with Crippen molar-refractivity contribution in [1.29, 1.82) is 0 Å². The fraction of sp³-hybridized carbons (Fsp3) is 0.667. The Labute approximate surface area is 121 Å². The van der Waals surface area contributed by atoms with Gasteiger partial charge in [-0.2, -0.15) is 0 Å². The summed E-state index contributed by atoms with van der Waals surface area (Å²) in [7, 11) is -0.393. The number of rotatable bonds is 3. The summed E-state index contributed by atoms with van der Waals surface area (Å²) in [5.74, 6) is 0.789. The van der Waals surface area contributed by atoms with Crippen LogP contribution in [-0.2, 0) is 9.31 Å². The van der Waals surface area contributed by atoms with E-state index in [9.17, 15) is 0 Å². The van der Waals surface area contributed by atoms with E-state index in [0.717, 1.165) is 29.7 Å². The highest BCUT2D eigenvalue weighted by Gasteiger charge is 2.52. The lowest BCUT2D eigenvalue weighted by molar-refractivity contribution is 0.00578. The largest absolute Gasteiger partial charge is 0.498 e. The number of ether oxygens (including phenoxy) is 1. The molecule has 0 aromatic carbocycles. The monoisotopic (exact) mass is 275 g/mol. The van der Waals surface area contributed by atoms with Crippen LogP contribution in [0.2, 0.25) is 0 Å². The maximum atomic E-state index is 6.12. The zero-order chi connectivity index (χ0) is 14.5. The van der Waals surface area contributed by atoms with Gasteiger partial charge in [0.2, 0.25) is 0 Å². The zero-order valence-corrected chi connectivity index (χ0v) is 12.9. The molecular formula is C15H22BNO3.